The fraction of sp³-hybridized carbons (Fsp3) is 1.00. The van der Waals surface area contributed by atoms with Gasteiger partial charge in [-0.3, -0.25) is 0 Å². The minimum absolute atomic E-state index is 0.671. The Hall–Kier alpha value is -1.00. The summed E-state index contributed by atoms with van der Waals surface area (Å²) in [6.07, 6.45) is -44.2. The third kappa shape index (κ3) is 9.26. The highest BCUT2D eigenvalue weighted by Crippen LogP contribution is 2.34. The van der Waals surface area contributed by atoms with Crippen LogP contribution in [0.3, 0.4) is 0 Å². The van der Waals surface area contributed by atoms with Crippen LogP contribution in [0.4, 0.5) is 0 Å². The Kier molecular flexibility index (Phi) is 15.5. The van der Waals surface area contributed by atoms with Crippen LogP contribution < -0.4 is 0 Å². The molecule has 0 aliphatic carbocycles. The zero-order valence-corrected chi connectivity index (χ0v) is 29.1. The predicted octanol–water partition coefficient (Wildman–Crippen LogP) is -10.9. The molecular weight excluding hydrogens is 760 g/mol. The van der Waals surface area contributed by atoms with Crippen molar-refractivity contribution < 1.29 is 124 Å². The molecule has 0 spiro atoms. The van der Waals surface area contributed by atoms with Crippen molar-refractivity contribution in [2.45, 2.75) is 160 Å². The largest absolute Gasteiger partial charge is 0.394 e. The summed E-state index contributed by atoms with van der Waals surface area (Å²) in [7, 11) is 0. The van der Waals surface area contributed by atoms with E-state index in [-0.39, 0.29) is 0 Å². The van der Waals surface area contributed by atoms with E-state index in [2.05, 4.69) is 0 Å². The summed E-state index contributed by atoms with van der Waals surface area (Å²) in [4.78, 5) is 0. The standard InChI is InChI=1S/C30H52O25/c1-6-11(34)13(36)19(42)27(48-6)47-5-10-25(15(38)18(41)26(46)49-10)55-30-22(45)17(40)24(9(4-33)52-30)54-29-21(44)16(39)23(8(3-32)51-29)53-28-20(43)14(37)12(35)7(2-31)50-28/h6-46H,2-5H2,1H3/t6-,7+,8+,9+,10+,11-,12+,13+,14-,15+,16+,17+,18+,19+,20+,21+,22+,23+,24+,25+,26+,27+,28+,29+,30+/m0/s1. The molecule has 0 radical (unpaired) electrons. The first-order valence-electron chi connectivity index (χ1n) is 17.5. The van der Waals surface area contributed by atoms with Crippen molar-refractivity contribution >= 4 is 0 Å². The second-order valence-electron chi connectivity index (χ2n) is 14.0. The van der Waals surface area contributed by atoms with Crippen molar-refractivity contribution in [3.05, 3.63) is 0 Å². The van der Waals surface area contributed by atoms with E-state index in [1.54, 1.807) is 0 Å². The van der Waals surface area contributed by atoms with Gasteiger partial charge in [-0.2, -0.15) is 0 Å². The van der Waals surface area contributed by atoms with Crippen LogP contribution in [0, 0.1) is 0 Å². The molecule has 0 bridgehead atoms. The molecule has 5 fully saturated rings. The monoisotopic (exact) mass is 812 g/mol. The summed E-state index contributed by atoms with van der Waals surface area (Å²) in [6, 6.07) is 0. The van der Waals surface area contributed by atoms with E-state index in [1.165, 1.54) is 6.92 Å². The van der Waals surface area contributed by atoms with Crippen LogP contribution in [0.5, 0.6) is 0 Å². The van der Waals surface area contributed by atoms with E-state index >= 15 is 0 Å². The lowest BCUT2D eigenvalue weighted by atomic mass is 9.95. The molecular formula is C30H52O25. The summed E-state index contributed by atoms with van der Waals surface area (Å²) >= 11 is 0. The Labute approximate surface area is 311 Å². The van der Waals surface area contributed by atoms with Crippen molar-refractivity contribution in [2.24, 2.45) is 0 Å². The zero-order chi connectivity index (χ0) is 40.6. The van der Waals surface area contributed by atoms with Crippen LogP contribution >= 0.6 is 0 Å². The summed E-state index contributed by atoms with van der Waals surface area (Å²) in [5.74, 6) is 0. The summed E-state index contributed by atoms with van der Waals surface area (Å²) in [6.45, 7) is -1.98. The number of ether oxygens (including phenoxy) is 9. The smallest absolute Gasteiger partial charge is 0.187 e. The highest BCUT2D eigenvalue weighted by atomic mass is 16.8. The lowest BCUT2D eigenvalue weighted by molar-refractivity contribution is -0.389. The van der Waals surface area contributed by atoms with Gasteiger partial charge in [0.2, 0.25) is 0 Å². The molecule has 25 heteroatoms. The van der Waals surface area contributed by atoms with Gasteiger partial charge in [0, 0.05) is 0 Å². The molecule has 25 atom stereocenters. The van der Waals surface area contributed by atoms with Crippen molar-refractivity contribution in [3.8, 4) is 0 Å². The minimum atomic E-state index is -2.10. The van der Waals surface area contributed by atoms with E-state index in [0.717, 1.165) is 0 Å². The van der Waals surface area contributed by atoms with Crippen molar-refractivity contribution in [2.75, 3.05) is 26.4 Å². The first-order chi connectivity index (χ1) is 25.9. The molecule has 322 valence electrons. The second kappa shape index (κ2) is 18.9. The highest BCUT2D eigenvalue weighted by molar-refractivity contribution is 4.98. The van der Waals surface area contributed by atoms with E-state index in [1.807, 2.05) is 0 Å². The number of aliphatic hydroxyl groups excluding tert-OH is 16. The van der Waals surface area contributed by atoms with Gasteiger partial charge in [0.05, 0.1) is 32.5 Å². The molecule has 55 heavy (non-hydrogen) atoms. The molecule has 0 saturated carbocycles. The van der Waals surface area contributed by atoms with Crippen LogP contribution in [0.1, 0.15) is 6.92 Å². The molecule has 0 amide bonds. The lowest BCUT2D eigenvalue weighted by Gasteiger charge is -2.49. The molecule has 16 N–H and O–H groups in total. The molecule has 25 nitrogen and oxygen atoms in total. The number of rotatable bonds is 12. The topological polar surface area (TPSA) is 407 Å². The summed E-state index contributed by atoms with van der Waals surface area (Å²) in [5, 5.41) is 166. The van der Waals surface area contributed by atoms with Crippen LogP contribution in [-0.4, -0.2) is 262 Å². The average Bonchev–Trinajstić information content (AvgIpc) is 3.17. The van der Waals surface area contributed by atoms with E-state index in [0.29, 0.717) is 0 Å². The molecule has 5 aliphatic heterocycles. The maximum Gasteiger partial charge on any atom is 0.187 e. The minimum Gasteiger partial charge on any atom is -0.394 e. The normalized spacial score (nSPS) is 53.9. The third-order valence-corrected chi connectivity index (χ3v) is 10.3. The fourth-order valence-electron chi connectivity index (χ4n) is 6.87. The summed E-state index contributed by atoms with van der Waals surface area (Å²) in [5.41, 5.74) is 0. The SMILES string of the molecule is C[C@@H]1O[C@@H](OC[C@H]2O[C@@H](O)[C@H](O)[C@@H](O)[C@@H]2O[C@H]2O[C@H](CO)[C@@H](O[C@H]3O[C@H](CO)[C@@H](O[C@H]4O[C@H](CO)[C@@H](O)[C@H](O)[C@H]4O)[C@H](O)[C@H]3O)[C@H](O)[C@H]2O)[C@H](O)[C@H](O)[C@H]1O. The Morgan fingerprint density at radius 1 is 0.364 bits per heavy atom. The molecule has 0 aromatic carbocycles. The third-order valence-electron chi connectivity index (χ3n) is 10.3. The van der Waals surface area contributed by atoms with Gasteiger partial charge in [-0.25, -0.2) is 0 Å². The fourth-order valence-corrected chi connectivity index (χ4v) is 6.87. The van der Waals surface area contributed by atoms with Crippen LogP contribution in [-0.2, 0) is 42.6 Å². The van der Waals surface area contributed by atoms with Gasteiger partial charge in [-0.15, -0.1) is 0 Å². The molecule has 5 saturated heterocycles. The van der Waals surface area contributed by atoms with Crippen molar-refractivity contribution in [3.63, 3.8) is 0 Å². The quantitative estimate of drug-likeness (QED) is 0.0870. The molecule has 0 aromatic heterocycles. The van der Waals surface area contributed by atoms with Gasteiger partial charge >= 0.3 is 0 Å². The maximum atomic E-state index is 11.1. The van der Waals surface area contributed by atoms with E-state index < -0.39 is 180 Å². The first kappa shape index (κ1) is 45.1. The Bertz CT molecular complexity index is 1190. The number of hydrogen-bond acceptors (Lipinski definition) is 25. The molecule has 5 rings (SSSR count). The molecule has 0 aromatic rings. The lowest BCUT2D eigenvalue weighted by Crippen LogP contribution is -2.67. The highest BCUT2D eigenvalue weighted by Gasteiger charge is 2.55. The molecule has 0 unspecified atom stereocenters. The zero-order valence-electron chi connectivity index (χ0n) is 29.1. The van der Waals surface area contributed by atoms with Crippen LogP contribution in [0.2, 0.25) is 0 Å². The first-order valence-corrected chi connectivity index (χ1v) is 17.5. The Morgan fingerprint density at radius 2 is 0.745 bits per heavy atom. The van der Waals surface area contributed by atoms with Gasteiger partial charge in [0.25, 0.3) is 0 Å². The second-order valence-corrected chi connectivity index (χ2v) is 14.0. The van der Waals surface area contributed by atoms with Gasteiger partial charge in [0.1, 0.15) is 116 Å². The van der Waals surface area contributed by atoms with Crippen molar-refractivity contribution in [1.29, 1.82) is 0 Å². The van der Waals surface area contributed by atoms with Crippen molar-refractivity contribution in [1.82, 2.24) is 0 Å². The van der Waals surface area contributed by atoms with E-state index in [4.69, 9.17) is 42.6 Å². The van der Waals surface area contributed by atoms with Gasteiger partial charge < -0.3 is 124 Å². The number of aliphatic hydroxyl groups is 16. The maximum absolute atomic E-state index is 11.1. The van der Waals surface area contributed by atoms with E-state index in [9.17, 15) is 81.7 Å². The van der Waals surface area contributed by atoms with Gasteiger partial charge in [-0.05, 0) is 6.92 Å². The molecule has 5 aliphatic rings. The summed E-state index contributed by atoms with van der Waals surface area (Å²) < 4.78 is 49.4. The predicted molar refractivity (Wildman–Crippen MR) is 165 cm³/mol. The van der Waals surface area contributed by atoms with Crippen LogP contribution in [0.25, 0.3) is 0 Å². The van der Waals surface area contributed by atoms with Gasteiger partial charge in [-0.1, -0.05) is 0 Å². The van der Waals surface area contributed by atoms with Crippen LogP contribution in [0.15, 0.2) is 0 Å². The molecule has 5 heterocycles. The van der Waals surface area contributed by atoms with Gasteiger partial charge in [0.15, 0.2) is 31.5 Å². The average molecular weight is 813 g/mol. The Balaban J connectivity index is 1.24. The Morgan fingerprint density at radius 3 is 1.22 bits per heavy atom. The number of hydrogen-bond donors (Lipinski definition) is 16.